The molecule has 1 heterocycles. The topological polar surface area (TPSA) is 20.3 Å². The van der Waals surface area contributed by atoms with Crippen molar-refractivity contribution in [1.29, 1.82) is 0 Å². The molecule has 0 saturated carbocycles. The molecule has 1 fully saturated rings. The molecule has 1 aliphatic heterocycles. The lowest BCUT2D eigenvalue weighted by molar-refractivity contribution is 0.0880. The van der Waals surface area contributed by atoms with Gasteiger partial charge < -0.3 is 4.90 Å². The third kappa shape index (κ3) is 3.66. The molecule has 2 rings (SSSR count). The third-order valence-electron chi connectivity index (χ3n) is 4.10. The van der Waals surface area contributed by atoms with Gasteiger partial charge in [0, 0.05) is 18.0 Å². The number of hydrogen-bond acceptors (Lipinski definition) is 2. The minimum atomic E-state index is 0.171. The van der Waals surface area contributed by atoms with E-state index in [4.69, 9.17) is 0 Å². The van der Waals surface area contributed by atoms with Gasteiger partial charge in [-0.3, -0.25) is 4.79 Å². The summed E-state index contributed by atoms with van der Waals surface area (Å²) in [5.41, 5.74) is 2.02. The van der Waals surface area contributed by atoms with Gasteiger partial charge in [0.2, 0.25) is 0 Å². The highest BCUT2D eigenvalue weighted by Gasteiger charge is 2.24. The van der Waals surface area contributed by atoms with Gasteiger partial charge in [-0.1, -0.05) is 37.6 Å². The molecule has 19 heavy (non-hydrogen) atoms. The molecule has 0 aromatic heterocycles. The van der Waals surface area contributed by atoms with Crippen LogP contribution in [-0.2, 0) is 0 Å². The normalized spacial score (nSPS) is 17.6. The first-order chi connectivity index (χ1) is 9.22. The number of nitrogens with zero attached hydrogens (tertiary/aromatic N) is 1. The second-order valence-corrected chi connectivity index (χ2v) is 5.67. The van der Waals surface area contributed by atoms with Crippen molar-refractivity contribution in [3.05, 3.63) is 35.4 Å². The number of ketones is 1. The summed E-state index contributed by atoms with van der Waals surface area (Å²) in [6.45, 7) is 7.48. The Balaban J connectivity index is 2.09. The summed E-state index contributed by atoms with van der Waals surface area (Å²) in [6, 6.07) is 7.98. The van der Waals surface area contributed by atoms with E-state index in [0.29, 0.717) is 5.78 Å². The molecule has 0 aliphatic carbocycles. The first kappa shape index (κ1) is 14.3. The SMILES string of the molecule is CCCC(CN1CCCC1)C(=O)c1ccccc1C. The zero-order valence-corrected chi connectivity index (χ0v) is 12.2. The monoisotopic (exact) mass is 259 g/mol. The van der Waals surface area contributed by atoms with Gasteiger partial charge in [0.1, 0.15) is 0 Å². The quantitative estimate of drug-likeness (QED) is 0.726. The fraction of sp³-hybridized carbons (Fsp3) is 0.588. The molecule has 1 unspecified atom stereocenters. The van der Waals surface area contributed by atoms with Gasteiger partial charge in [-0.2, -0.15) is 0 Å². The van der Waals surface area contributed by atoms with Crippen molar-refractivity contribution >= 4 is 5.78 Å². The van der Waals surface area contributed by atoms with Gasteiger partial charge in [-0.05, 0) is 44.8 Å². The molecule has 104 valence electrons. The molecule has 1 atom stereocenters. The fourth-order valence-electron chi connectivity index (χ4n) is 3.00. The smallest absolute Gasteiger partial charge is 0.167 e. The Hall–Kier alpha value is -1.15. The summed E-state index contributed by atoms with van der Waals surface area (Å²) in [4.78, 5) is 15.2. The number of hydrogen-bond donors (Lipinski definition) is 0. The van der Waals surface area contributed by atoms with Crippen molar-refractivity contribution < 1.29 is 4.79 Å². The average Bonchev–Trinajstić information content (AvgIpc) is 2.91. The second-order valence-electron chi connectivity index (χ2n) is 5.67. The predicted octanol–water partition coefficient (Wildman–Crippen LogP) is 3.69. The summed E-state index contributed by atoms with van der Waals surface area (Å²) in [5, 5.41) is 0. The molecule has 1 aliphatic rings. The zero-order chi connectivity index (χ0) is 13.7. The Labute approximate surface area is 116 Å². The van der Waals surface area contributed by atoms with E-state index in [1.807, 2.05) is 31.2 Å². The first-order valence-corrected chi connectivity index (χ1v) is 7.54. The van der Waals surface area contributed by atoms with Gasteiger partial charge in [0.25, 0.3) is 0 Å². The highest BCUT2D eigenvalue weighted by Crippen LogP contribution is 2.20. The van der Waals surface area contributed by atoms with Crippen molar-refractivity contribution in [1.82, 2.24) is 4.90 Å². The van der Waals surface area contributed by atoms with Crippen LogP contribution in [0.4, 0.5) is 0 Å². The number of aryl methyl sites for hydroxylation is 1. The maximum atomic E-state index is 12.7. The number of benzene rings is 1. The zero-order valence-electron chi connectivity index (χ0n) is 12.2. The number of carbonyl (C=O) groups excluding carboxylic acids is 1. The van der Waals surface area contributed by atoms with Crippen LogP contribution in [0, 0.1) is 12.8 Å². The predicted molar refractivity (Wildman–Crippen MR) is 79.6 cm³/mol. The van der Waals surface area contributed by atoms with Crippen LogP contribution in [0.3, 0.4) is 0 Å². The minimum Gasteiger partial charge on any atom is -0.303 e. The van der Waals surface area contributed by atoms with Crippen LogP contribution in [0.25, 0.3) is 0 Å². The molecule has 1 aromatic carbocycles. The van der Waals surface area contributed by atoms with Crippen LogP contribution in [0.1, 0.15) is 48.5 Å². The molecular formula is C17H25NO. The third-order valence-corrected chi connectivity index (χ3v) is 4.10. The van der Waals surface area contributed by atoms with Crippen molar-refractivity contribution in [2.24, 2.45) is 5.92 Å². The fourth-order valence-corrected chi connectivity index (χ4v) is 3.00. The lowest BCUT2D eigenvalue weighted by Gasteiger charge is -2.22. The maximum absolute atomic E-state index is 12.7. The van der Waals surface area contributed by atoms with Crippen LogP contribution < -0.4 is 0 Å². The number of likely N-dealkylation sites (tertiary alicyclic amines) is 1. The van der Waals surface area contributed by atoms with Gasteiger partial charge in [-0.15, -0.1) is 0 Å². The molecule has 0 amide bonds. The lowest BCUT2D eigenvalue weighted by Crippen LogP contribution is -2.31. The standard InChI is InChI=1S/C17H25NO/c1-3-8-15(13-18-11-6-7-12-18)17(19)16-10-5-4-9-14(16)2/h4-5,9-10,15H,3,6-8,11-13H2,1-2H3. The van der Waals surface area contributed by atoms with E-state index in [2.05, 4.69) is 11.8 Å². The maximum Gasteiger partial charge on any atom is 0.167 e. The van der Waals surface area contributed by atoms with Crippen molar-refractivity contribution in [3.8, 4) is 0 Å². The highest BCUT2D eigenvalue weighted by molar-refractivity contribution is 5.99. The Bertz CT molecular complexity index is 421. The summed E-state index contributed by atoms with van der Waals surface area (Å²) in [7, 11) is 0. The molecule has 0 spiro atoms. The molecule has 0 radical (unpaired) electrons. The van der Waals surface area contributed by atoms with Gasteiger partial charge in [0.15, 0.2) is 5.78 Å². The second kappa shape index (κ2) is 6.85. The minimum absolute atomic E-state index is 0.171. The lowest BCUT2D eigenvalue weighted by atomic mass is 9.91. The van der Waals surface area contributed by atoms with Crippen LogP contribution in [0.5, 0.6) is 0 Å². The number of Topliss-reactive ketones (excluding diaryl/α,β-unsaturated/α-hetero) is 1. The van der Waals surface area contributed by atoms with Crippen molar-refractivity contribution in [2.45, 2.75) is 39.5 Å². The first-order valence-electron chi connectivity index (χ1n) is 7.54. The Morgan fingerprint density at radius 2 is 1.95 bits per heavy atom. The highest BCUT2D eigenvalue weighted by atomic mass is 16.1. The molecule has 1 aromatic rings. The van der Waals surface area contributed by atoms with Crippen molar-refractivity contribution in [3.63, 3.8) is 0 Å². The largest absolute Gasteiger partial charge is 0.303 e. The number of carbonyl (C=O) groups is 1. The molecular weight excluding hydrogens is 234 g/mol. The summed E-state index contributed by atoms with van der Waals surface area (Å²) in [5.74, 6) is 0.510. The van der Waals surface area contributed by atoms with E-state index in [9.17, 15) is 4.79 Å². The van der Waals surface area contributed by atoms with E-state index < -0.39 is 0 Å². The van der Waals surface area contributed by atoms with Crippen LogP contribution >= 0.6 is 0 Å². The van der Waals surface area contributed by atoms with E-state index in [-0.39, 0.29) is 5.92 Å². The van der Waals surface area contributed by atoms with E-state index in [1.54, 1.807) is 0 Å². The van der Waals surface area contributed by atoms with Gasteiger partial charge in [0.05, 0.1) is 0 Å². The Kier molecular flexibility index (Phi) is 5.15. The summed E-state index contributed by atoms with van der Waals surface area (Å²) >= 11 is 0. The molecule has 0 N–H and O–H groups in total. The van der Waals surface area contributed by atoms with E-state index in [1.165, 1.54) is 25.9 Å². The molecule has 1 saturated heterocycles. The van der Waals surface area contributed by atoms with Crippen molar-refractivity contribution in [2.75, 3.05) is 19.6 Å². The van der Waals surface area contributed by atoms with Gasteiger partial charge >= 0.3 is 0 Å². The molecule has 0 bridgehead atoms. The molecule has 2 nitrogen and oxygen atoms in total. The Morgan fingerprint density at radius 3 is 2.58 bits per heavy atom. The average molecular weight is 259 g/mol. The van der Waals surface area contributed by atoms with E-state index >= 15 is 0 Å². The summed E-state index contributed by atoms with van der Waals surface area (Å²) < 4.78 is 0. The Morgan fingerprint density at radius 1 is 1.26 bits per heavy atom. The van der Waals surface area contributed by atoms with Crippen LogP contribution in [0.15, 0.2) is 24.3 Å². The molecule has 2 heteroatoms. The number of rotatable bonds is 6. The summed E-state index contributed by atoms with van der Waals surface area (Å²) in [6.07, 6.45) is 4.66. The van der Waals surface area contributed by atoms with Gasteiger partial charge in [-0.25, -0.2) is 0 Å². The van der Waals surface area contributed by atoms with Crippen LogP contribution in [0.2, 0.25) is 0 Å². The van der Waals surface area contributed by atoms with E-state index in [0.717, 1.165) is 30.5 Å². The van der Waals surface area contributed by atoms with Crippen LogP contribution in [-0.4, -0.2) is 30.3 Å².